The van der Waals surface area contributed by atoms with Crippen LogP contribution >= 0.6 is 0 Å². The molecular weight excluding hydrogens is 390 g/mol. The Bertz CT molecular complexity index is 814. The number of nitrogens with zero attached hydrogens (tertiary/aromatic N) is 3. The van der Waals surface area contributed by atoms with Gasteiger partial charge in [-0.3, -0.25) is 9.78 Å². The van der Waals surface area contributed by atoms with Crippen molar-refractivity contribution in [3.63, 3.8) is 0 Å². The van der Waals surface area contributed by atoms with Crippen molar-refractivity contribution in [2.24, 2.45) is 5.92 Å². The molecule has 7 heteroatoms. The minimum Gasteiger partial charge on any atom is -0.369 e. The van der Waals surface area contributed by atoms with Gasteiger partial charge >= 0.3 is 0 Å². The van der Waals surface area contributed by atoms with Crippen LogP contribution in [0.25, 0.3) is 11.2 Å². The first-order valence-corrected chi connectivity index (χ1v) is 12.1. The number of anilines is 1. The highest BCUT2D eigenvalue weighted by atomic mass is 16.1. The number of carbonyl (C=O) groups is 1. The highest BCUT2D eigenvalue weighted by molar-refractivity contribution is 5.70. The van der Waals surface area contributed by atoms with Crippen LogP contribution in [0.15, 0.2) is 11.1 Å². The van der Waals surface area contributed by atoms with E-state index in [1.807, 2.05) is 4.57 Å². The maximum Gasteiger partial charge on any atom is 0.280 e. The van der Waals surface area contributed by atoms with Crippen molar-refractivity contribution in [3.8, 4) is 0 Å². The molecule has 0 bridgehead atoms. The monoisotopic (exact) mass is 430 g/mol. The lowest BCUT2D eigenvalue weighted by atomic mass is 9.97. The number of aldehydes is 1. The molecule has 0 saturated heterocycles. The number of nitrogen functional groups attached to an aromatic ring is 1. The van der Waals surface area contributed by atoms with E-state index in [0.717, 1.165) is 19.1 Å². The van der Waals surface area contributed by atoms with Gasteiger partial charge in [0.15, 0.2) is 11.2 Å². The van der Waals surface area contributed by atoms with Crippen LogP contribution in [0.2, 0.25) is 0 Å². The summed E-state index contributed by atoms with van der Waals surface area (Å²) in [6.07, 6.45) is 22.3. The summed E-state index contributed by atoms with van der Waals surface area (Å²) in [7, 11) is 0. The molecule has 0 aliphatic rings. The first-order valence-electron chi connectivity index (χ1n) is 12.1. The number of aromatic amines is 1. The van der Waals surface area contributed by atoms with E-state index in [4.69, 9.17) is 5.73 Å². The van der Waals surface area contributed by atoms with Gasteiger partial charge in [0.05, 0.1) is 6.33 Å². The third kappa shape index (κ3) is 9.23. The standard InChI is InChI=1S/C24H40N5O2/c1-2-3-4-5-6-7-8-9-10-11-12-13-14-15-20(16-17-30)18-29-19-26-21-22(29)27-24(25)28-23(21)31/h15,17,19-20H,2-14,16,18H2,1H3,(H3,25,27,28,31)/t20-/m1/s1. The van der Waals surface area contributed by atoms with Gasteiger partial charge in [0, 0.05) is 13.0 Å². The van der Waals surface area contributed by atoms with Crippen LogP contribution in [0.5, 0.6) is 0 Å². The summed E-state index contributed by atoms with van der Waals surface area (Å²) in [5.74, 6) is 0.177. The lowest BCUT2D eigenvalue weighted by Crippen LogP contribution is -2.15. The molecule has 0 unspecified atom stereocenters. The normalized spacial score (nSPS) is 12.4. The number of carbonyl (C=O) groups excluding carboxylic acids is 1. The topological polar surface area (TPSA) is 107 Å². The molecule has 0 amide bonds. The van der Waals surface area contributed by atoms with Gasteiger partial charge < -0.3 is 15.1 Å². The van der Waals surface area contributed by atoms with E-state index >= 15 is 0 Å². The molecule has 0 aliphatic heterocycles. The van der Waals surface area contributed by atoms with Gasteiger partial charge in [0.2, 0.25) is 5.95 Å². The summed E-state index contributed by atoms with van der Waals surface area (Å²) in [4.78, 5) is 33.8. The number of hydrogen-bond acceptors (Lipinski definition) is 5. The molecule has 2 aromatic heterocycles. The third-order valence-electron chi connectivity index (χ3n) is 5.88. The Kier molecular flexibility index (Phi) is 11.9. The number of nitrogens with one attached hydrogen (secondary N) is 1. The molecule has 1 atom stereocenters. The lowest BCUT2D eigenvalue weighted by Gasteiger charge is -2.15. The van der Waals surface area contributed by atoms with Crippen molar-refractivity contribution in [3.05, 3.63) is 23.1 Å². The van der Waals surface area contributed by atoms with Gasteiger partial charge in [-0.15, -0.1) is 0 Å². The zero-order chi connectivity index (χ0) is 22.3. The molecule has 0 spiro atoms. The Balaban J connectivity index is 1.61. The average molecular weight is 431 g/mol. The number of aromatic nitrogens is 4. The molecule has 173 valence electrons. The highest BCUT2D eigenvalue weighted by Crippen LogP contribution is 2.18. The Morgan fingerprint density at radius 3 is 2.26 bits per heavy atom. The Hall–Kier alpha value is -2.18. The van der Waals surface area contributed by atoms with Crippen molar-refractivity contribution in [2.75, 3.05) is 5.73 Å². The van der Waals surface area contributed by atoms with Crippen LogP contribution in [-0.4, -0.2) is 25.8 Å². The van der Waals surface area contributed by atoms with E-state index in [9.17, 15) is 9.59 Å². The molecule has 1 radical (unpaired) electrons. The summed E-state index contributed by atoms with van der Waals surface area (Å²) in [6, 6.07) is 0. The van der Waals surface area contributed by atoms with Gasteiger partial charge in [-0.25, -0.2) is 4.98 Å². The third-order valence-corrected chi connectivity index (χ3v) is 5.88. The van der Waals surface area contributed by atoms with E-state index < -0.39 is 0 Å². The molecule has 0 fully saturated rings. The van der Waals surface area contributed by atoms with Crippen LogP contribution in [-0.2, 0) is 11.3 Å². The summed E-state index contributed by atoms with van der Waals surface area (Å²) in [5, 5.41) is 0. The summed E-state index contributed by atoms with van der Waals surface area (Å²) >= 11 is 0. The number of fused-ring (bicyclic) bond motifs is 1. The van der Waals surface area contributed by atoms with Crippen LogP contribution in [0.4, 0.5) is 5.95 Å². The average Bonchev–Trinajstić information content (AvgIpc) is 3.14. The number of H-pyrrole nitrogens is 1. The smallest absolute Gasteiger partial charge is 0.280 e. The molecule has 2 heterocycles. The maximum absolute atomic E-state index is 11.9. The zero-order valence-corrected chi connectivity index (χ0v) is 19.2. The summed E-state index contributed by atoms with van der Waals surface area (Å²) < 4.78 is 1.81. The van der Waals surface area contributed by atoms with Gasteiger partial charge in [-0.1, -0.05) is 84.0 Å². The van der Waals surface area contributed by atoms with Gasteiger partial charge in [-0.05, 0) is 18.8 Å². The SMILES string of the molecule is CCCCCCCCCCCCCC[CH][C@H](CC=O)Cn1cnc2c(=O)[nH]c(N)nc21. The first-order chi connectivity index (χ1) is 15.2. The predicted octanol–water partition coefficient (Wildman–Crippen LogP) is 5.20. The van der Waals surface area contributed by atoms with Crippen LogP contribution in [0.3, 0.4) is 0 Å². The molecule has 2 rings (SSSR count). The van der Waals surface area contributed by atoms with Gasteiger partial charge in [-0.2, -0.15) is 4.98 Å². The second-order valence-electron chi connectivity index (χ2n) is 8.60. The van der Waals surface area contributed by atoms with Crippen LogP contribution in [0, 0.1) is 12.3 Å². The van der Waals surface area contributed by atoms with Gasteiger partial charge in [0.25, 0.3) is 5.56 Å². The molecule has 2 aromatic rings. The molecule has 3 N–H and O–H groups in total. The molecule has 7 nitrogen and oxygen atoms in total. The Morgan fingerprint density at radius 2 is 1.65 bits per heavy atom. The predicted molar refractivity (Wildman–Crippen MR) is 127 cm³/mol. The number of hydrogen-bond donors (Lipinski definition) is 2. The number of imidazole rings is 1. The Morgan fingerprint density at radius 1 is 1.03 bits per heavy atom. The van der Waals surface area contributed by atoms with Gasteiger partial charge in [0.1, 0.15) is 6.29 Å². The van der Waals surface area contributed by atoms with Crippen LogP contribution in [0.1, 0.15) is 96.8 Å². The number of rotatable bonds is 18. The minimum absolute atomic E-state index is 0.0756. The largest absolute Gasteiger partial charge is 0.369 e. The molecule has 0 aliphatic carbocycles. The summed E-state index contributed by atoms with van der Waals surface area (Å²) in [5.41, 5.74) is 6.07. The minimum atomic E-state index is -0.339. The highest BCUT2D eigenvalue weighted by Gasteiger charge is 2.14. The number of unbranched alkanes of at least 4 members (excludes halogenated alkanes) is 12. The fourth-order valence-electron chi connectivity index (χ4n) is 4.06. The fourth-order valence-corrected chi connectivity index (χ4v) is 4.06. The van der Waals surface area contributed by atoms with Crippen molar-refractivity contribution < 1.29 is 4.79 Å². The van der Waals surface area contributed by atoms with Crippen molar-refractivity contribution >= 4 is 23.4 Å². The van der Waals surface area contributed by atoms with Crippen molar-refractivity contribution in [1.29, 1.82) is 0 Å². The summed E-state index contributed by atoms with van der Waals surface area (Å²) in [6.45, 7) is 2.84. The molecule has 0 aromatic carbocycles. The van der Waals surface area contributed by atoms with E-state index in [-0.39, 0.29) is 22.9 Å². The lowest BCUT2D eigenvalue weighted by molar-refractivity contribution is -0.108. The quantitative estimate of drug-likeness (QED) is 0.250. The van der Waals surface area contributed by atoms with E-state index in [2.05, 4.69) is 28.3 Å². The zero-order valence-electron chi connectivity index (χ0n) is 19.2. The van der Waals surface area contributed by atoms with E-state index in [0.29, 0.717) is 18.6 Å². The fraction of sp³-hybridized carbons (Fsp3) is 0.708. The van der Waals surface area contributed by atoms with E-state index in [1.165, 1.54) is 70.6 Å². The van der Waals surface area contributed by atoms with E-state index in [1.54, 1.807) is 6.33 Å². The number of nitrogens with two attached hydrogens (primary N) is 1. The Labute approximate surface area is 186 Å². The second kappa shape index (κ2) is 14.8. The molecular formula is C24H40N5O2. The second-order valence-corrected chi connectivity index (χ2v) is 8.60. The van der Waals surface area contributed by atoms with Crippen molar-refractivity contribution in [2.45, 2.75) is 103 Å². The van der Waals surface area contributed by atoms with Crippen LogP contribution < -0.4 is 11.3 Å². The van der Waals surface area contributed by atoms with Crippen molar-refractivity contribution in [1.82, 2.24) is 19.5 Å². The first kappa shape index (κ1) is 25.1. The molecule has 0 saturated carbocycles. The maximum atomic E-state index is 11.9. The molecule has 31 heavy (non-hydrogen) atoms.